The van der Waals surface area contributed by atoms with E-state index >= 15 is 0 Å². The van der Waals surface area contributed by atoms with Gasteiger partial charge in [-0.15, -0.1) is 0 Å². The van der Waals surface area contributed by atoms with Gasteiger partial charge in [0.15, 0.2) is 7.05 Å². The van der Waals surface area contributed by atoms with E-state index in [-0.39, 0.29) is 21.6 Å². The summed E-state index contributed by atoms with van der Waals surface area (Å²) in [5.74, 6) is -0.820. The summed E-state index contributed by atoms with van der Waals surface area (Å²) in [7, 11) is -0.980. The van der Waals surface area contributed by atoms with Crippen molar-refractivity contribution in [1.29, 1.82) is 0 Å². The number of amides is 1. The standard InChI is InChI=1S/C47H53ClN10O4S/c1-47(2)15-13-34(40(28-47)32-5-8-36(48)9-6-32)30-56-21-23-57(24-22-56)37-10-12-39(43(26-37)58-44-25-33-14-16-49-45(33)51-41(44)29-50-58)46(59)52-63(61,62)38-11-7-35(42(27-38)54(4)60)31-55-19-17-53(3)18-20-55/h5-12,14,16,25-27,29H,13,15,17-24,28,30-31H2,1-4H3,(H-,49,50,51,52,59)/p+1. The summed E-state index contributed by atoms with van der Waals surface area (Å²) in [5, 5.41) is 6.31. The number of benzene rings is 3. The Morgan fingerprint density at radius 1 is 0.905 bits per heavy atom. The highest BCUT2D eigenvalue weighted by molar-refractivity contribution is 7.90. The number of carbonyl (C=O) groups is 1. The first-order chi connectivity index (χ1) is 30.2. The smallest absolute Gasteiger partial charge is 0.267 e. The highest BCUT2D eigenvalue weighted by Crippen LogP contribution is 2.43. The van der Waals surface area contributed by atoms with Gasteiger partial charge in [-0.1, -0.05) is 43.2 Å². The number of sulfonamides is 1. The zero-order valence-electron chi connectivity index (χ0n) is 36.3. The van der Waals surface area contributed by atoms with Crippen molar-refractivity contribution in [3.63, 3.8) is 0 Å². The van der Waals surface area contributed by atoms with Crippen LogP contribution in [-0.4, -0.2) is 127 Å². The molecule has 9 rings (SSSR count). The number of anilines is 1. The number of aromatic nitrogens is 4. The molecule has 1 amide bonds. The van der Waals surface area contributed by atoms with Crippen LogP contribution < -0.4 is 9.62 Å². The Kier molecular flexibility index (Phi) is 11.7. The number of aromatic amines is 1. The van der Waals surface area contributed by atoms with Gasteiger partial charge in [0.05, 0.1) is 27.9 Å². The van der Waals surface area contributed by atoms with Crippen LogP contribution in [0.4, 0.5) is 11.4 Å². The minimum atomic E-state index is -4.41. The molecule has 2 aliphatic heterocycles. The van der Waals surface area contributed by atoms with Crippen molar-refractivity contribution in [3.05, 3.63) is 117 Å². The van der Waals surface area contributed by atoms with Gasteiger partial charge in [-0.3, -0.25) is 14.6 Å². The number of nitrogens with one attached hydrogen (secondary N) is 2. The quantitative estimate of drug-likeness (QED) is 0.128. The summed E-state index contributed by atoms with van der Waals surface area (Å²) in [4.78, 5) is 44.1. The lowest BCUT2D eigenvalue weighted by molar-refractivity contribution is -0.429. The Labute approximate surface area is 373 Å². The predicted octanol–water partition coefficient (Wildman–Crippen LogP) is 7.25. The molecule has 2 fully saturated rings. The third-order valence-electron chi connectivity index (χ3n) is 13.0. The Hall–Kier alpha value is -5.45. The van der Waals surface area contributed by atoms with Gasteiger partial charge in [-0.05, 0) is 97.5 Å². The van der Waals surface area contributed by atoms with Gasteiger partial charge in [-0.25, -0.2) is 22.8 Å². The predicted molar refractivity (Wildman–Crippen MR) is 248 cm³/mol. The molecule has 0 radical (unpaired) electrons. The Morgan fingerprint density at radius 2 is 1.63 bits per heavy atom. The molecular formula is C47H54ClN10O4S+. The largest absolute Gasteiger partial charge is 0.369 e. The lowest BCUT2D eigenvalue weighted by atomic mass is 9.72. The maximum absolute atomic E-state index is 14.3. The fraction of sp³-hybridized carbons (Fsp3) is 0.383. The normalized spacial score (nSPS) is 18.1. The van der Waals surface area contributed by atoms with Crippen LogP contribution in [0.15, 0.2) is 95.7 Å². The van der Waals surface area contributed by atoms with Gasteiger partial charge in [0.1, 0.15) is 11.2 Å². The third kappa shape index (κ3) is 9.16. The van der Waals surface area contributed by atoms with Crippen molar-refractivity contribution in [2.24, 2.45) is 5.41 Å². The molecule has 63 heavy (non-hydrogen) atoms. The lowest BCUT2D eigenvalue weighted by Gasteiger charge is -2.39. The molecule has 0 bridgehead atoms. The van der Waals surface area contributed by atoms with Crippen molar-refractivity contribution in [2.75, 3.05) is 77.9 Å². The molecule has 6 aromatic rings. The average Bonchev–Trinajstić information content (AvgIpc) is 3.91. The number of rotatable bonds is 11. The van der Waals surface area contributed by atoms with Crippen LogP contribution in [0.5, 0.6) is 0 Å². The minimum absolute atomic E-state index is 0.120. The number of likely N-dealkylation sites (N-methyl/N-ethyl adjacent to an activating group) is 1. The van der Waals surface area contributed by atoms with Crippen molar-refractivity contribution < 1.29 is 18.0 Å². The number of hydrogen-bond donors (Lipinski definition) is 2. The van der Waals surface area contributed by atoms with Crippen LogP contribution in [0.25, 0.3) is 33.3 Å². The van der Waals surface area contributed by atoms with E-state index < -0.39 is 15.9 Å². The fourth-order valence-electron chi connectivity index (χ4n) is 9.22. The van der Waals surface area contributed by atoms with Crippen LogP contribution in [0.1, 0.15) is 54.6 Å². The van der Waals surface area contributed by atoms with Crippen molar-refractivity contribution >= 4 is 66.5 Å². The van der Waals surface area contributed by atoms with Gasteiger partial charge in [0.25, 0.3) is 21.6 Å². The number of pyridine rings is 1. The van der Waals surface area contributed by atoms with Gasteiger partial charge in [-0.2, -0.15) is 5.10 Å². The zero-order valence-corrected chi connectivity index (χ0v) is 37.8. The third-order valence-corrected chi connectivity index (χ3v) is 14.6. The molecule has 3 aromatic carbocycles. The maximum atomic E-state index is 14.3. The summed E-state index contributed by atoms with van der Waals surface area (Å²) in [6.45, 7) is 12.9. The van der Waals surface area contributed by atoms with Crippen LogP contribution >= 0.6 is 11.6 Å². The van der Waals surface area contributed by atoms with E-state index in [1.54, 1.807) is 23.0 Å². The number of H-pyrrole nitrogens is 1. The van der Waals surface area contributed by atoms with Crippen LogP contribution in [0.2, 0.25) is 5.02 Å². The van der Waals surface area contributed by atoms with Gasteiger partial charge in [0, 0.05) is 109 Å². The summed E-state index contributed by atoms with van der Waals surface area (Å²) < 4.78 is 32.6. The molecule has 1 aliphatic carbocycles. The van der Waals surface area contributed by atoms with Crippen molar-refractivity contribution in [2.45, 2.75) is 44.6 Å². The molecule has 2 saturated heterocycles. The monoisotopic (exact) mass is 889 g/mol. The SMILES string of the molecule is CN1CCN(Cc2ccc(S(=O)(=O)NC(=O)c3ccc(N4CCN(CC5=C(c6ccc(Cl)cc6)CC(C)(C)CC5)CC4)cc3-n3ncc4nc5[nH]ccc5cc43)cc2[N+](C)=O)CC1. The molecule has 0 saturated carbocycles. The van der Waals surface area contributed by atoms with Gasteiger partial charge in [0.2, 0.25) is 0 Å². The minimum Gasteiger partial charge on any atom is -0.369 e. The number of nitrogens with zero attached hydrogens (tertiary/aromatic N) is 8. The second-order valence-corrected chi connectivity index (χ2v) is 20.2. The summed E-state index contributed by atoms with van der Waals surface area (Å²) in [6.07, 6.45) is 6.71. The molecule has 0 atom stereocenters. The Balaban J connectivity index is 0.982. The molecule has 0 unspecified atom stereocenters. The summed E-state index contributed by atoms with van der Waals surface area (Å²) in [5.41, 5.74) is 8.79. The zero-order chi connectivity index (χ0) is 44.0. The van der Waals surface area contributed by atoms with E-state index in [0.29, 0.717) is 33.7 Å². The molecule has 0 spiro atoms. The number of piperazine rings is 2. The molecule has 2 N–H and O–H groups in total. The van der Waals surface area contributed by atoms with Crippen LogP contribution in [-0.2, 0) is 16.6 Å². The van der Waals surface area contributed by atoms with Gasteiger partial charge >= 0.3 is 0 Å². The topological polar surface area (TPSA) is 143 Å². The van der Waals surface area contributed by atoms with E-state index in [2.05, 4.69) is 62.3 Å². The number of fused-ring (bicyclic) bond motifs is 2. The summed E-state index contributed by atoms with van der Waals surface area (Å²) >= 11 is 6.27. The lowest BCUT2D eigenvalue weighted by Crippen LogP contribution is -2.47. The van der Waals surface area contributed by atoms with E-state index in [0.717, 1.165) is 99.8 Å². The Bertz CT molecular complexity index is 2850. The molecule has 328 valence electrons. The fourth-order valence-corrected chi connectivity index (χ4v) is 10.3. The number of hydrogen-bond acceptors (Lipinski definition) is 10. The molecule has 3 aromatic heterocycles. The van der Waals surface area contributed by atoms with Crippen LogP contribution in [0.3, 0.4) is 0 Å². The van der Waals surface area contributed by atoms with Crippen molar-refractivity contribution in [3.8, 4) is 5.69 Å². The number of carbonyl (C=O) groups excluding carboxylic acids is 1. The first-order valence-corrected chi connectivity index (χ1v) is 23.5. The molecule has 16 heteroatoms. The van der Waals surface area contributed by atoms with Crippen LogP contribution in [0, 0.1) is 10.3 Å². The van der Waals surface area contributed by atoms with E-state index in [4.69, 9.17) is 21.7 Å². The molecular weight excluding hydrogens is 836 g/mol. The Morgan fingerprint density at radius 3 is 2.38 bits per heavy atom. The van der Waals surface area contributed by atoms with E-state index in [1.165, 1.54) is 35.9 Å². The maximum Gasteiger partial charge on any atom is 0.267 e. The molecule has 5 heterocycles. The van der Waals surface area contributed by atoms with E-state index in [9.17, 15) is 18.1 Å². The first kappa shape index (κ1) is 42.8. The van der Waals surface area contributed by atoms with Gasteiger partial charge < -0.3 is 14.8 Å². The molecule has 3 aliphatic rings. The first-order valence-electron chi connectivity index (χ1n) is 21.6. The second kappa shape index (κ2) is 17.3. The molecule has 14 nitrogen and oxygen atoms in total. The number of nitroso groups, excluding NO2 is 1. The second-order valence-electron chi connectivity index (χ2n) is 18.1. The highest BCUT2D eigenvalue weighted by Gasteiger charge is 2.31. The number of halogens is 1. The highest BCUT2D eigenvalue weighted by atomic mass is 35.5. The number of allylic oxidation sites excluding steroid dienone is 1. The average molecular weight is 891 g/mol. The van der Waals surface area contributed by atoms with Crippen molar-refractivity contribution in [1.82, 2.24) is 39.2 Å². The van der Waals surface area contributed by atoms with E-state index in [1.807, 2.05) is 42.6 Å². The summed E-state index contributed by atoms with van der Waals surface area (Å²) in [6, 6.07) is 22.0.